The van der Waals surface area contributed by atoms with Gasteiger partial charge >= 0.3 is 0 Å². The predicted molar refractivity (Wildman–Crippen MR) is 239 cm³/mol. The van der Waals surface area contributed by atoms with Gasteiger partial charge in [0.2, 0.25) is 0 Å². The van der Waals surface area contributed by atoms with Crippen LogP contribution in [0.3, 0.4) is 0 Å². The Kier molecular flexibility index (Phi) is 7.61. The zero-order chi connectivity index (χ0) is 37.1. The number of fused-ring (bicyclic) bond motifs is 8. The van der Waals surface area contributed by atoms with Gasteiger partial charge in [0.15, 0.2) is 0 Å². The molecule has 10 aromatic rings. The average Bonchev–Trinajstić information content (AvgIpc) is 3.78. The van der Waals surface area contributed by atoms with Crippen molar-refractivity contribution in [3.05, 3.63) is 229 Å². The number of para-hydroxylation sites is 1. The molecule has 11 rings (SSSR count). The van der Waals surface area contributed by atoms with Gasteiger partial charge in [-0.15, -0.1) is 11.3 Å². The molecule has 56 heavy (non-hydrogen) atoms. The molecule has 0 atom stereocenters. The van der Waals surface area contributed by atoms with Crippen LogP contribution < -0.4 is 10.6 Å². The molecule has 3 heteroatoms. The number of hydrogen-bond acceptors (Lipinski definition) is 3. The molecule has 0 amide bonds. The third-order valence-corrected chi connectivity index (χ3v) is 12.6. The van der Waals surface area contributed by atoms with E-state index in [1.807, 2.05) is 17.4 Å². The molecule has 1 heterocycles. The standard InChI is InChI=1S/C53H36N2S/c1-4-17-37(18-5-1)53(38-19-6-2-7-20-38)48-26-13-12-25-44(48)45-29-27-42(34-49(45)53)55-40-23-14-16-35(31-40)46-32-36-15-10-11-24-43(36)51-47-33-41(28-30-50(47)56-52(46)51)54-39-21-8-3-9-22-39/h1-34,54-55H. The van der Waals surface area contributed by atoms with Gasteiger partial charge in [0.1, 0.15) is 0 Å². The SMILES string of the molecule is c1ccc(Nc2ccc3sc4c(-c5cccc(Nc6ccc7c(c6)C(c6ccccc6)(c6ccccc6)c6ccccc6-7)c5)cc5ccccc5c4c3c2)cc1. The van der Waals surface area contributed by atoms with Crippen LogP contribution in [-0.4, -0.2) is 0 Å². The van der Waals surface area contributed by atoms with Crippen LogP contribution in [0.2, 0.25) is 0 Å². The minimum atomic E-state index is -0.442. The maximum Gasteiger partial charge on any atom is 0.0714 e. The van der Waals surface area contributed by atoms with Crippen molar-refractivity contribution in [1.82, 2.24) is 0 Å². The molecule has 0 fully saturated rings. The molecule has 2 nitrogen and oxygen atoms in total. The Morgan fingerprint density at radius 1 is 0.375 bits per heavy atom. The summed E-state index contributed by atoms with van der Waals surface area (Å²) in [5, 5.41) is 12.6. The Morgan fingerprint density at radius 2 is 0.982 bits per heavy atom. The maximum absolute atomic E-state index is 3.85. The minimum Gasteiger partial charge on any atom is -0.356 e. The van der Waals surface area contributed by atoms with Crippen molar-refractivity contribution < 1.29 is 0 Å². The van der Waals surface area contributed by atoms with Gasteiger partial charge in [-0.2, -0.15) is 0 Å². The Morgan fingerprint density at radius 3 is 1.79 bits per heavy atom. The van der Waals surface area contributed by atoms with Crippen molar-refractivity contribution in [2.24, 2.45) is 0 Å². The highest BCUT2D eigenvalue weighted by molar-refractivity contribution is 7.26. The van der Waals surface area contributed by atoms with Crippen molar-refractivity contribution in [3.8, 4) is 22.3 Å². The van der Waals surface area contributed by atoms with Crippen LogP contribution in [-0.2, 0) is 5.41 Å². The summed E-state index contributed by atoms with van der Waals surface area (Å²) in [5.41, 5.74) is 14.0. The summed E-state index contributed by atoms with van der Waals surface area (Å²) in [6, 6.07) is 75.1. The second kappa shape index (κ2) is 13.1. The molecule has 1 aliphatic carbocycles. The number of hydrogen-bond donors (Lipinski definition) is 2. The first kappa shape index (κ1) is 32.5. The molecular formula is C53H36N2S. The lowest BCUT2D eigenvalue weighted by Gasteiger charge is -2.34. The second-order valence-electron chi connectivity index (χ2n) is 14.6. The summed E-state index contributed by atoms with van der Waals surface area (Å²) >= 11 is 1.88. The lowest BCUT2D eigenvalue weighted by atomic mass is 9.67. The van der Waals surface area contributed by atoms with Crippen molar-refractivity contribution in [2.45, 2.75) is 5.41 Å². The predicted octanol–water partition coefficient (Wildman–Crippen LogP) is 14.7. The van der Waals surface area contributed by atoms with E-state index >= 15 is 0 Å². The highest BCUT2D eigenvalue weighted by Gasteiger charge is 2.46. The van der Waals surface area contributed by atoms with Gasteiger partial charge in [0.05, 0.1) is 5.41 Å². The van der Waals surface area contributed by atoms with Gasteiger partial charge in [0.25, 0.3) is 0 Å². The first-order valence-electron chi connectivity index (χ1n) is 19.2. The van der Waals surface area contributed by atoms with Crippen LogP contribution in [0, 0.1) is 0 Å². The molecule has 1 aliphatic rings. The van der Waals surface area contributed by atoms with Gasteiger partial charge < -0.3 is 10.6 Å². The largest absolute Gasteiger partial charge is 0.356 e. The molecule has 0 spiro atoms. The van der Waals surface area contributed by atoms with Crippen LogP contribution in [0.4, 0.5) is 22.7 Å². The number of anilines is 4. The molecule has 0 bridgehead atoms. The Labute approximate surface area is 330 Å². The van der Waals surface area contributed by atoms with Crippen LogP contribution in [0.5, 0.6) is 0 Å². The minimum absolute atomic E-state index is 0.442. The topological polar surface area (TPSA) is 24.1 Å². The van der Waals surface area contributed by atoms with Crippen molar-refractivity contribution in [1.29, 1.82) is 0 Å². The van der Waals surface area contributed by atoms with E-state index in [-0.39, 0.29) is 0 Å². The summed E-state index contributed by atoms with van der Waals surface area (Å²) in [4.78, 5) is 0. The number of rotatable bonds is 7. The molecule has 0 saturated heterocycles. The Bertz CT molecular complexity index is 3040. The third-order valence-electron chi connectivity index (χ3n) is 11.4. The molecule has 2 N–H and O–H groups in total. The zero-order valence-electron chi connectivity index (χ0n) is 30.5. The lowest BCUT2D eigenvalue weighted by molar-refractivity contribution is 0.769. The monoisotopic (exact) mass is 732 g/mol. The van der Waals surface area contributed by atoms with Crippen LogP contribution in [0.25, 0.3) is 53.2 Å². The van der Waals surface area contributed by atoms with Gasteiger partial charge in [-0.05, 0) is 110 Å². The summed E-state index contributed by atoms with van der Waals surface area (Å²) < 4.78 is 2.59. The highest BCUT2D eigenvalue weighted by atomic mass is 32.1. The zero-order valence-corrected chi connectivity index (χ0v) is 31.4. The number of benzene rings is 9. The van der Waals surface area contributed by atoms with E-state index < -0.39 is 5.41 Å². The third kappa shape index (κ3) is 5.16. The van der Waals surface area contributed by atoms with Crippen LogP contribution >= 0.6 is 11.3 Å². The first-order valence-corrected chi connectivity index (χ1v) is 20.0. The van der Waals surface area contributed by atoms with E-state index in [1.54, 1.807) is 0 Å². The van der Waals surface area contributed by atoms with E-state index in [1.165, 1.54) is 75.5 Å². The lowest BCUT2D eigenvalue weighted by Crippen LogP contribution is -2.28. The van der Waals surface area contributed by atoms with E-state index in [0.717, 1.165) is 22.7 Å². The second-order valence-corrected chi connectivity index (χ2v) is 15.7. The number of thiophene rings is 1. The summed E-state index contributed by atoms with van der Waals surface area (Å²) in [6.07, 6.45) is 0. The van der Waals surface area contributed by atoms with E-state index in [9.17, 15) is 0 Å². The smallest absolute Gasteiger partial charge is 0.0714 e. The van der Waals surface area contributed by atoms with E-state index in [2.05, 4.69) is 211 Å². The Balaban J connectivity index is 1.03. The summed E-state index contributed by atoms with van der Waals surface area (Å²) in [6.45, 7) is 0. The molecule has 0 radical (unpaired) electrons. The molecule has 264 valence electrons. The van der Waals surface area contributed by atoms with E-state index in [4.69, 9.17) is 0 Å². The van der Waals surface area contributed by atoms with Gasteiger partial charge in [-0.3, -0.25) is 0 Å². The van der Waals surface area contributed by atoms with Crippen LogP contribution in [0.15, 0.2) is 206 Å². The molecule has 9 aromatic carbocycles. The molecule has 0 unspecified atom stereocenters. The molecule has 0 aliphatic heterocycles. The summed E-state index contributed by atoms with van der Waals surface area (Å²) in [7, 11) is 0. The quantitative estimate of drug-likeness (QED) is 0.170. The molecular weight excluding hydrogens is 697 g/mol. The van der Waals surface area contributed by atoms with Gasteiger partial charge in [0, 0.05) is 48.5 Å². The molecule has 0 saturated carbocycles. The van der Waals surface area contributed by atoms with Crippen molar-refractivity contribution >= 4 is 65.0 Å². The maximum atomic E-state index is 3.85. The van der Waals surface area contributed by atoms with E-state index in [0.29, 0.717) is 0 Å². The molecule has 1 aromatic heterocycles. The summed E-state index contributed by atoms with van der Waals surface area (Å²) in [5.74, 6) is 0. The van der Waals surface area contributed by atoms with Crippen molar-refractivity contribution in [2.75, 3.05) is 10.6 Å². The fourth-order valence-corrected chi connectivity index (χ4v) is 10.3. The normalized spacial score (nSPS) is 12.8. The fraction of sp³-hybridized carbons (Fsp3) is 0.0189. The first-order chi connectivity index (χ1) is 27.7. The fourth-order valence-electron chi connectivity index (χ4n) is 9.06. The highest BCUT2D eigenvalue weighted by Crippen LogP contribution is 2.56. The Hall–Kier alpha value is -6.94. The number of nitrogens with one attached hydrogen (secondary N) is 2. The van der Waals surface area contributed by atoms with Gasteiger partial charge in [-0.1, -0.05) is 146 Å². The van der Waals surface area contributed by atoms with Gasteiger partial charge in [-0.25, -0.2) is 0 Å². The van der Waals surface area contributed by atoms with Crippen LogP contribution in [0.1, 0.15) is 22.3 Å². The van der Waals surface area contributed by atoms with Crippen molar-refractivity contribution in [3.63, 3.8) is 0 Å². The average molecular weight is 733 g/mol.